The number of halogens is 1. The van der Waals surface area contributed by atoms with Crippen LogP contribution in [0.4, 0.5) is 4.39 Å². The molecular weight excluding hydrogens is 251 g/mol. The van der Waals surface area contributed by atoms with Crippen molar-refractivity contribution in [3.63, 3.8) is 0 Å². The third-order valence-corrected chi connectivity index (χ3v) is 5.11. The standard InChI is InChI=1S/C17H25FN2/c18-17-14(11-19)6-3-7-15(17)12-20-10-4-8-13-5-1-2-9-16(13)20/h3,6-7,13,16H,1-2,4-5,8-12,19H2. The molecule has 20 heavy (non-hydrogen) atoms. The fraction of sp³-hybridized carbons (Fsp3) is 0.647. The third-order valence-electron chi connectivity index (χ3n) is 5.11. The van der Waals surface area contributed by atoms with E-state index in [2.05, 4.69) is 4.90 Å². The molecule has 2 nitrogen and oxygen atoms in total. The molecule has 1 saturated carbocycles. The van der Waals surface area contributed by atoms with E-state index >= 15 is 0 Å². The highest BCUT2D eigenvalue weighted by atomic mass is 19.1. The van der Waals surface area contributed by atoms with Crippen LogP contribution >= 0.6 is 0 Å². The summed E-state index contributed by atoms with van der Waals surface area (Å²) < 4.78 is 14.3. The maximum Gasteiger partial charge on any atom is 0.132 e. The average Bonchev–Trinajstić information content (AvgIpc) is 2.50. The summed E-state index contributed by atoms with van der Waals surface area (Å²) in [5, 5.41) is 0. The largest absolute Gasteiger partial charge is 0.326 e. The van der Waals surface area contributed by atoms with E-state index in [1.54, 1.807) is 6.07 Å². The molecule has 1 aliphatic heterocycles. The Hall–Kier alpha value is -0.930. The number of likely N-dealkylation sites (tertiary alicyclic amines) is 1. The first-order valence-electron chi connectivity index (χ1n) is 8.00. The predicted molar refractivity (Wildman–Crippen MR) is 79.7 cm³/mol. The van der Waals surface area contributed by atoms with Crippen molar-refractivity contribution >= 4 is 0 Å². The van der Waals surface area contributed by atoms with Crippen molar-refractivity contribution < 1.29 is 4.39 Å². The van der Waals surface area contributed by atoms with Crippen LogP contribution < -0.4 is 5.73 Å². The van der Waals surface area contributed by atoms with Crippen molar-refractivity contribution in [2.75, 3.05) is 6.54 Å². The lowest BCUT2D eigenvalue weighted by Crippen LogP contribution is -2.46. The molecule has 1 aromatic rings. The highest BCUT2D eigenvalue weighted by molar-refractivity contribution is 5.26. The number of fused-ring (bicyclic) bond motifs is 1. The van der Waals surface area contributed by atoms with Gasteiger partial charge in [0.05, 0.1) is 0 Å². The van der Waals surface area contributed by atoms with Crippen molar-refractivity contribution in [3.05, 3.63) is 35.1 Å². The number of hydrogen-bond donors (Lipinski definition) is 1. The number of piperidine rings is 1. The molecule has 0 radical (unpaired) electrons. The van der Waals surface area contributed by atoms with Gasteiger partial charge in [-0.25, -0.2) is 4.39 Å². The molecule has 0 amide bonds. The van der Waals surface area contributed by atoms with E-state index in [9.17, 15) is 4.39 Å². The molecule has 1 heterocycles. The molecule has 0 aromatic heterocycles. The van der Waals surface area contributed by atoms with E-state index in [0.29, 0.717) is 11.6 Å². The Morgan fingerprint density at radius 1 is 1.10 bits per heavy atom. The molecule has 2 unspecified atom stereocenters. The Kier molecular flexibility index (Phi) is 4.37. The summed E-state index contributed by atoms with van der Waals surface area (Å²) in [5.41, 5.74) is 7.06. The Balaban J connectivity index is 1.76. The zero-order valence-corrected chi connectivity index (χ0v) is 12.2. The van der Waals surface area contributed by atoms with Crippen LogP contribution in [0.3, 0.4) is 0 Å². The summed E-state index contributed by atoms with van der Waals surface area (Å²) in [4.78, 5) is 2.52. The summed E-state index contributed by atoms with van der Waals surface area (Å²) in [6, 6.07) is 6.32. The van der Waals surface area contributed by atoms with E-state index in [1.165, 1.54) is 38.5 Å². The monoisotopic (exact) mass is 276 g/mol. The van der Waals surface area contributed by atoms with E-state index < -0.39 is 0 Å². The third kappa shape index (κ3) is 2.75. The SMILES string of the molecule is NCc1cccc(CN2CCCC3CCCCC32)c1F. The lowest BCUT2D eigenvalue weighted by molar-refractivity contribution is 0.0538. The van der Waals surface area contributed by atoms with Gasteiger partial charge >= 0.3 is 0 Å². The summed E-state index contributed by atoms with van der Waals surface area (Å²) in [6.07, 6.45) is 8.01. The van der Waals surface area contributed by atoms with Crippen LogP contribution in [0.25, 0.3) is 0 Å². The highest BCUT2D eigenvalue weighted by Crippen LogP contribution is 2.36. The van der Waals surface area contributed by atoms with Gasteiger partial charge in [-0.2, -0.15) is 0 Å². The Morgan fingerprint density at radius 3 is 2.70 bits per heavy atom. The Morgan fingerprint density at radius 2 is 1.85 bits per heavy atom. The van der Waals surface area contributed by atoms with Gasteiger partial charge in [0.15, 0.2) is 0 Å². The van der Waals surface area contributed by atoms with Gasteiger partial charge in [-0.15, -0.1) is 0 Å². The minimum absolute atomic E-state index is 0.0899. The zero-order chi connectivity index (χ0) is 13.9. The second-order valence-electron chi connectivity index (χ2n) is 6.32. The van der Waals surface area contributed by atoms with Gasteiger partial charge in [-0.3, -0.25) is 4.90 Å². The summed E-state index contributed by atoms with van der Waals surface area (Å²) in [5.74, 6) is 0.756. The van der Waals surface area contributed by atoms with Crippen molar-refractivity contribution in [2.24, 2.45) is 11.7 Å². The molecule has 2 fully saturated rings. The van der Waals surface area contributed by atoms with Crippen LogP contribution in [0.1, 0.15) is 49.7 Å². The normalized spacial score (nSPS) is 27.3. The minimum atomic E-state index is -0.0899. The fourth-order valence-corrected chi connectivity index (χ4v) is 4.06. The molecule has 1 aromatic carbocycles. The van der Waals surface area contributed by atoms with Gasteiger partial charge in [0.1, 0.15) is 5.82 Å². The highest BCUT2D eigenvalue weighted by Gasteiger charge is 2.33. The molecule has 1 aliphatic carbocycles. The molecule has 0 spiro atoms. The van der Waals surface area contributed by atoms with Gasteiger partial charge in [0.2, 0.25) is 0 Å². The minimum Gasteiger partial charge on any atom is -0.326 e. The Bertz CT molecular complexity index is 458. The van der Waals surface area contributed by atoms with Crippen molar-refractivity contribution in [3.8, 4) is 0 Å². The molecule has 110 valence electrons. The van der Waals surface area contributed by atoms with E-state index in [0.717, 1.165) is 24.6 Å². The van der Waals surface area contributed by atoms with Crippen LogP contribution in [0.2, 0.25) is 0 Å². The van der Waals surface area contributed by atoms with Gasteiger partial charge < -0.3 is 5.73 Å². The van der Waals surface area contributed by atoms with E-state index in [4.69, 9.17) is 5.73 Å². The summed E-state index contributed by atoms with van der Waals surface area (Å²) >= 11 is 0. The van der Waals surface area contributed by atoms with Gasteiger partial charge in [0, 0.05) is 30.3 Å². The second-order valence-corrected chi connectivity index (χ2v) is 6.32. The number of nitrogens with zero attached hydrogens (tertiary/aromatic N) is 1. The van der Waals surface area contributed by atoms with Crippen LogP contribution in [-0.2, 0) is 13.1 Å². The second kappa shape index (κ2) is 6.23. The number of nitrogens with two attached hydrogens (primary N) is 1. The molecule has 2 N–H and O–H groups in total. The van der Waals surface area contributed by atoms with Crippen molar-refractivity contribution in [2.45, 2.75) is 57.7 Å². The summed E-state index contributed by atoms with van der Waals surface area (Å²) in [6.45, 7) is 2.15. The molecule has 2 aliphatic rings. The number of benzene rings is 1. The van der Waals surface area contributed by atoms with Crippen LogP contribution in [0.5, 0.6) is 0 Å². The van der Waals surface area contributed by atoms with Gasteiger partial charge in [-0.1, -0.05) is 31.0 Å². The molecule has 0 bridgehead atoms. The van der Waals surface area contributed by atoms with Crippen LogP contribution in [0.15, 0.2) is 18.2 Å². The molecule has 1 saturated heterocycles. The lowest BCUT2D eigenvalue weighted by Gasteiger charge is -2.44. The lowest BCUT2D eigenvalue weighted by atomic mass is 9.78. The molecule has 3 heteroatoms. The molecule has 3 rings (SSSR count). The quantitative estimate of drug-likeness (QED) is 0.916. The topological polar surface area (TPSA) is 29.3 Å². The van der Waals surface area contributed by atoms with Crippen molar-refractivity contribution in [1.29, 1.82) is 0 Å². The van der Waals surface area contributed by atoms with E-state index in [1.807, 2.05) is 12.1 Å². The fourth-order valence-electron chi connectivity index (χ4n) is 4.06. The van der Waals surface area contributed by atoms with Crippen molar-refractivity contribution in [1.82, 2.24) is 4.90 Å². The average molecular weight is 276 g/mol. The molecule has 2 atom stereocenters. The number of rotatable bonds is 3. The van der Waals surface area contributed by atoms with Gasteiger partial charge in [0.25, 0.3) is 0 Å². The predicted octanol–water partition coefficient (Wildman–Crippen LogP) is 3.44. The maximum atomic E-state index is 14.3. The maximum absolute atomic E-state index is 14.3. The van der Waals surface area contributed by atoms with E-state index in [-0.39, 0.29) is 12.4 Å². The van der Waals surface area contributed by atoms with Gasteiger partial charge in [-0.05, 0) is 38.1 Å². The summed E-state index contributed by atoms with van der Waals surface area (Å²) in [7, 11) is 0. The first-order valence-corrected chi connectivity index (χ1v) is 8.00. The number of hydrogen-bond acceptors (Lipinski definition) is 2. The first-order chi connectivity index (χ1) is 9.79. The Labute approximate surface area is 121 Å². The molecular formula is C17H25FN2. The first kappa shape index (κ1) is 14.0. The van der Waals surface area contributed by atoms with Crippen LogP contribution in [-0.4, -0.2) is 17.5 Å². The van der Waals surface area contributed by atoms with Crippen LogP contribution in [0, 0.1) is 11.7 Å². The smallest absolute Gasteiger partial charge is 0.132 e. The zero-order valence-electron chi connectivity index (χ0n) is 12.2.